The molecule has 0 saturated carbocycles. The fraction of sp³-hybridized carbons (Fsp3) is 0.133. The molecule has 0 aliphatic carbocycles. The molecule has 0 saturated heterocycles. The lowest BCUT2D eigenvalue weighted by Gasteiger charge is -2.01. The Labute approximate surface area is 156 Å². The van der Waals surface area contributed by atoms with Gasteiger partial charge in [-0.15, -0.1) is 5.10 Å². The maximum absolute atomic E-state index is 12.1. The third-order valence-electron chi connectivity index (χ3n) is 3.47. The lowest BCUT2D eigenvalue weighted by molar-refractivity contribution is -0.385. The van der Waals surface area contributed by atoms with E-state index < -0.39 is 22.3 Å². The van der Waals surface area contributed by atoms with Crippen molar-refractivity contribution < 1.29 is 14.8 Å². The van der Waals surface area contributed by atoms with Crippen molar-refractivity contribution in [3.8, 4) is 5.75 Å². The molecule has 3 rings (SSSR count). The van der Waals surface area contributed by atoms with Crippen LogP contribution in [0.1, 0.15) is 27.6 Å². The smallest absolute Gasteiger partial charge is 0.312 e. The van der Waals surface area contributed by atoms with Crippen LogP contribution in [0, 0.1) is 24.0 Å². The average Bonchev–Trinajstić information content (AvgIpc) is 3.01. The zero-order chi connectivity index (χ0) is 19.7. The lowest BCUT2D eigenvalue weighted by atomic mass is 10.2. The molecule has 0 bridgehead atoms. The van der Waals surface area contributed by atoms with Gasteiger partial charge in [-0.2, -0.15) is 10.1 Å². The number of nitro benzene ring substituents is 1. The topological polar surface area (TPSA) is 148 Å². The van der Waals surface area contributed by atoms with Crippen molar-refractivity contribution >= 4 is 35.2 Å². The van der Waals surface area contributed by atoms with Gasteiger partial charge in [-0.1, -0.05) is 11.6 Å². The molecule has 1 aromatic carbocycles. The molecule has 12 heteroatoms. The molecule has 11 nitrogen and oxygen atoms in total. The van der Waals surface area contributed by atoms with Crippen LogP contribution in [0.3, 0.4) is 0 Å². The number of hydrazone groups is 1. The number of hydrogen-bond acceptors (Lipinski definition) is 8. The molecule has 138 valence electrons. The number of fused-ring (bicyclic) bond motifs is 1. The Morgan fingerprint density at radius 2 is 2.11 bits per heavy atom. The number of amides is 1. The van der Waals surface area contributed by atoms with Crippen molar-refractivity contribution in [2.45, 2.75) is 13.8 Å². The van der Waals surface area contributed by atoms with Crippen molar-refractivity contribution in [1.29, 1.82) is 0 Å². The van der Waals surface area contributed by atoms with Gasteiger partial charge in [0.2, 0.25) is 11.6 Å². The quantitative estimate of drug-likeness (QED) is 0.392. The molecule has 3 aromatic rings. The Balaban J connectivity index is 1.82. The Kier molecular flexibility index (Phi) is 4.69. The molecular weight excluding hydrogens is 378 g/mol. The maximum Gasteiger partial charge on any atom is 0.312 e. The average molecular weight is 390 g/mol. The van der Waals surface area contributed by atoms with E-state index in [9.17, 15) is 20.0 Å². The molecule has 0 radical (unpaired) electrons. The molecule has 0 aliphatic rings. The van der Waals surface area contributed by atoms with E-state index in [1.54, 1.807) is 19.9 Å². The zero-order valence-electron chi connectivity index (χ0n) is 14.0. The first kappa shape index (κ1) is 18.2. The first-order chi connectivity index (χ1) is 12.8. The summed E-state index contributed by atoms with van der Waals surface area (Å²) in [5.41, 5.74) is 3.05. The van der Waals surface area contributed by atoms with E-state index in [-0.39, 0.29) is 22.2 Å². The number of rotatable bonds is 4. The second kappa shape index (κ2) is 6.96. The van der Waals surface area contributed by atoms with Crippen LogP contribution >= 0.6 is 11.6 Å². The SMILES string of the molecule is Cc1cc(C)n2nc(C(=O)N/N=C/c3cc(Cl)cc([N+](=O)[O-])c3O)nc2n1. The van der Waals surface area contributed by atoms with Crippen LogP contribution in [0.2, 0.25) is 5.02 Å². The van der Waals surface area contributed by atoms with E-state index in [0.717, 1.165) is 23.7 Å². The normalized spacial score (nSPS) is 11.2. The summed E-state index contributed by atoms with van der Waals surface area (Å²) < 4.78 is 1.41. The second-order valence-corrected chi connectivity index (χ2v) is 5.94. The molecule has 0 atom stereocenters. The number of phenols is 1. The molecule has 27 heavy (non-hydrogen) atoms. The van der Waals surface area contributed by atoms with Crippen LogP contribution in [0.4, 0.5) is 5.69 Å². The van der Waals surface area contributed by atoms with Crippen LogP contribution in [-0.2, 0) is 0 Å². The molecule has 2 aromatic heterocycles. The summed E-state index contributed by atoms with van der Waals surface area (Å²) in [6.07, 6.45) is 1.02. The maximum atomic E-state index is 12.1. The zero-order valence-corrected chi connectivity index (χ0v) is 14.8. The number of carbonyl (C=O) groups excluding carboxylic acids is 1. The number of hydrogen-bond donors (Lipinski definition) is 2. The van der Waals surface area contributed by atoms with Crippen LogP contribution < -0.4 is 5.43 Å². The Morgan fingerprint density at radius 1 is 1.37 bits per heavy atom. The molecule has 0 spiro atoms. The van der Waals surface area contributed by atoms with E-state index in [0.29, 0.717) is 0 Å². The lowest BCUT2D eigenvalue weighted by Crippen LogP contribution is -2.19. The largest absolute Gasteiger partial charge is 0.502 e. The number of nitro groups is 1. The van der Waals surface area contributed by atoms with Gasteiger partial charge in [0.1, 0.15) is 0 Å². The number of nitrogens with zero attached hydrogens (tertiary/aromatic N) is 6. The predicted octanol–water partition coefficient (Wildman–Crippen LogP) is 1.77. The summed E-state index contributed by atoms with van der Waals surface area (Å²) in [4.78, 5) is 30.4. The van der Waals surface area contributed by atoms with E-state index in [2.05, 4.69) is 25.6 Å². The van der Waals surface area contributed by atoms with Crippen molar-refractivity contribution in [1.82, 2.24) is 25.0 Å². The fourth-order valence-electron chi connectivity index (χ4n) is 2.32. The number of aryl methyl sites for hydroxylation is 2. The van der Waals surface area contributed by atoms with Crippen LogP contribution in [-0.4, -0.2) is 41.7 Å². The number of phenolic OH excluding ortho intramolecular Hbond substituents is 1. The van der Waals surface area contributed by atoms with Crippen molar-refractivity contribution in [3.05, 3.63) is 56.1 Å². The number of carbonyl (C=O) groups is 1. The van der Waals surface area contributed by atoms with Gasteiger partial charge in [0.05, 0.1) is 11.1 Å². The number of halogens is 1. The minimum Gasteiger partial charge on any atom is -0.502 e. The van der Waals surface area contributed by atoms with Crippen LogP contribution in [0.5, 0.6) is 5.75 Å². The van der Waals surface area contributed by atoms with Gasteiger partial charge >= 0.3 is 11.6 Å². The molecule has 0 fully saturated rings. The number of nitrogens with one attached hydrogen (secondary N) is 1. The Bertz CT molecular complexity index is 1110. The summed E-state index contributed by atoms with van der Waals surface area (Å²) >= 11 is 5.78. The third-order valence-corrected chi connectivity index (χ3v) is 3.69. The van der Waals surface area contributed by atoms with E-state index in [1.165, 1.54) is 10.6 Å². The number of aromatic hydroxyl groups is 1. The Morgan fingerprint density at radius 3 is 2.81 bits per heavy atom. The van der Waals surface area contributed by atoms with Gasteiger partial charge in [0, 0.05) is 28.0 Å². The fourth-order valence-corrected chi connectivity index (χ4v) is 2.54. The molecular formula is C15H12ClN7O4. The van der Waals surface area contributed by atoms with Crippen LogP contribution in [0.25, 0.3) is 5.78 Å². The summed E-state index contributed by atoms with van der Waals surface area (Å²) in [7, 11) is 0. The van der Waals surface area contributed by atoms with Crippen molar-refractivity contribution in [3.63, 3.8) is 0 Å². The van der Waals surface area contributed by atoms with Gasteiger partial charge in [0.15, 0.2) is 0 Å². The first-order valence-corrected chi connectivity index (χ1v) is 7.85. The third kappa shape index (κ3) is 3.67. The summed E-state index contributed by atoms with van der Waals surface area (Å²) in [5, 5.41) is 28.5. The Hall–Kier alpha value is -3.60. The first-order valence-electron chi connectivity index (χ1n) is 7.47. The highest BCUT2D eigenvalue weighted by Crippen LogP contribution is 2.32. The summed E-state index contributed by atoms with van der Waals surface area (Å²) in [6.45, 7) is 3.59. The molecule has 1 amide bonds. The van der Waals surface area contributed by atoms with E-state index in [4.69, 9.17) is 11.6 Å². The highest BCUT2D eigenvalue weighted by Gasteiger charge is 2.18. The van der Waals surface area contributed by atoms with Crippen molar-refractivity contribution in [2.24, 2.45) is 5.10 Å². The minimum absolute atomic E-state index is 0.0335. The van der Waals surface area contributed by atoms with Gasteiger partial charge in [-0.25, -0.2) is 14.9 Å². The minimum atomic E-state index is -0.783. The van der Waals surface area contributed by atoms with E-state index in [1.807, 2.05) is 0 Å². The predicted molar refractivity (Wildman–Crippen MR) is 95.1 cm³/mol. The monoisotopic (exact) mass is 389 g/mol. The molecule has 0 unspecified atom stereocenters. The van der Waals surface area contributed by atoms with Gasteiger partial charge in [-0.05, 0) is 26.0 Å². The second-order valence-electron chi connectivity index (χ2n) is 5.51. The summed E-state index contributed by atoms with van der Waals surface area (Å²) in [5.74, 6) is -1.23. The van der Waals surface area contributed by atoms with Crippen LogP contribution in [0.15, 0.2) is 23.3 Å². The van der Waals surface area contributed by atoms with Gasteiger partial charge < -0.3 is 5.11 Å². The standard InChI is InChI=1S/C15H12ClN7O4/c1-7-3-8(2)22-15(18-7)19-13(21-22)14(25)20-17-6-9-4-10(16)5-11(12(9)24)23(26)27/h3-6,24H,1-2H3,(H,20,25)/b17-6+. The summed E-state index contributed by atoms with van der Waals surface area (Å²) in [6, 6.07) is 4.06. The van der Waals surface area contributed by atoms with Gasteiger partial charge in [-0.3, -0.25) is 14.9 Å². The van der Waals surface area contributed by atoms with E-state index >= 15 is 0 Å². The highest BCUT2D eigenvalue weighted by molar-refractivity contribution is 6.31. The van der Waals surface area contributed by atoms with Crippen molar-refractivity contribution in [2.75, 3.05) is 0 Å². The molecule has 2 heterocycles. The number of benzene rings is 1. The number of aromatic nitrogens is 4. The highest BCUT2D eigenvalue weighted by atomic mass is 35.5. The molecule has 0 aliphatic heterocycles. The van der Waals surface area contributed by atoms with Gasteiger partial charge in [0.25, 0.3) is 5.78 Å². The molecule has 2 N–H and O–H groups in total.